The lowest BCUT2D eigenvalue weighted by molar-refractivity contribution is -0.00417. The van der Waals surface area contributed by atoms with Gasteiger partial charge in [0.25, 0.3) is 0 Å². The summed E-state index contributed by atoms with van der Waals surface area (Å²) in [6, 6.07) is 23.4. The highest BCUT2D eigenvalue weighted by Crippen LogP contribution is 2.20. The van der Waals surface area contributed by atoms with E-state index in [1.807, 2.05) is 6.92 Å². The Morgan fingerprint density at radius 2 is 1.66 bits per heavy atom. The lowest BCUT2D eigenvalue weighted by Crippen LogP contribution is -2.46. The lowest BCUT2D eigenvalue weighted by atomic mass is 9.93. The highest BCUT2D eigenvalue weighted by Gasteiger charge is 2.20. The van der Waals surface area contributed by atoms with Crippen LogP contribution < -0.4 is 5.32 Å². The Kier molecular flexibility index (Phi) is 7.07. The Balaban J connectivity index is 1.47. The molecule has 0 radical (unpaired) electrons. The molecule has 2 N–H and O–H groups in total. The summed E-state index contributed by atoms with van der Waals surface area (Å²) in [4.78, 5) is 0. The number of aliphatic hydroxyl groups excluding tert-OH is 1. The molecule has 0 aliphatic carbocycles. The first-order chi connectivity index (χ1) is 13.8. The quantitative estimate of drug-likeness (QED) is 0.527. The molecule has 3 heteroatoms. The Morgan fingerprint density at radius 1 is 0.966 bits per heavy atom. The monoisotopic (exact) mass is 391 g/mol. The van der Waals surface area contributed by atoms with Gasteiger partial charge in [-0.2, -0.15) is 0 Å². The zero-order valence-electron chi connectivity index (χ0n) is 18.0. The fourth-order valence-electron chi connectivity index (χ4n) is 3.56. The predicted molar refractivity (Wildman–Crippen MR) is 121 cm³/mol. The van der Waals surface area contributed by atoms with Crippen LogP contribution in [0, 0.1) is 6.92 Å². The second-order valence-corrected chi connectivity index (χ2v) is 8.66. The summed E-state index contributed by atoms with van der Waals surface area (Å²) >= 11 is 0. The summed E-state index contributed by atoms with van der Waals surface area (Å²) in [7, 11) is 0. The van der Waals surface area contributed by atoms with Gasteiger partial charge in [0.2, 0.25) is 0 Å². The summed E-state index contributed by atoms with van der Waals surface area (Å²) in [5.41, 5.74) is 3.54. The van der Waals surface area contributed by atoms with Crippen LogP contribution in [0.15, 0.2) is 66.7 Å². The number of β-amino-alcohol motifs (C(OH)–C–C–N with tert-alkyl or cyclic N) is 1. The zero-order valence-corrected chi connectivity index (χ0v) is 18.0. The number of hydrogen-bond acceptors (Lipinski definition) is 3. The molecule has 3 aromatic rings. The molecule has 0 spiro atoms. The number of benzene rings is 3. The maximum absolute atomic E-state index is 10.4. The van der Waals surface area contributed by atoms with Gasteiger partial charge in [0.1, 0.15) is 0 Å². The highest BCUT2D eigenvalue weighted by molar-refractivity contribution is 5.83. The Labute approximate surface area is 174 Å². The van der Waals surface area contributed by atoms with E-state index in [2.05, 4.69) is 92.8 Å². The third-order valence-corrected chi connectivity index (χ3v) is 5.36. The molecule has 0 saturated carbocycles. The lowest BCUT2D eigenvalue weighted by Gasteiger charge is -2.28. The molecule has 0 aliphatic heterocycles. The maximum Gasteiger partial charge on any atom is 0.0898 e. The standard InChI is InChI=1S/C26H33NO2/c1-19-9-12-22(13-10-19)20(2)29-18-25(28)17-27-26(3,4)16-21-11-14-23-7-5-6-8-24(23)15-21/h5-15,20,25,27-28H,16-18H2,1-4H3/t20?,25-/m1/s1. The van der Waals surface area contributed by atoms with E-state index in [0.717, 1.165) is 12.0 Å². The van der Waals surface area contributed by atoms with Gasteiger partial charge in [-0.3, -0.25) is 0 Å². The molecule has 29 heavy (non-hydrogen) atoms. The van der Waals surface area contributed by atoms with Crippen LogP contribution in [0.25, 0.3) is 10.8 Å². The van der Waals surface area contributed by atoms with Gasteiger partial charge in [-0.1, -0.05) is 72.3 Å². The molecule has 3 aromatic carbocycles. The molecule has 0 fully saturated rings. The van der Waals surface area contributed by atoms with Crippen molar-refractivity contribution in [3.63, 3.8) is 0 Å². The van der Waals surface area contributed by atoms with E-state index in [1.54, 1.807) is 0 Å². The largest absolute Gasteiger partial charge is 0.389 e. The molecule has 0 aliphatic rings. The third-order valence-electron chi connectivity index (χ3n) is 5.36. The fraction of sp³-hybridized carbons (Fsp3) is 0.385. The van der Waals surface area contributed by atoms with Crippen LogP contribution in [0.5, 0.6) is 0 Å². The SMILES string of the molecule is Cc1ccc(C(C)OC[C@H](O)CNC(C)(C)Cc2ccc3ccccc3c2)cc1. The molecule has 2 atom stereocenters. The minimum atomic E-state index is -0.543. The van der Waals surface area contributed by atoms with Crippen molar-refractivity contribution in [2.45, 2.75) is 51.9 Å². The number of aryl methyl sites for hydroxylation is 1. The summed E-state index contributed by atoms with van der Waals surface area (Å²) in [6.45, 7) is 9.25. The van der Waals surface area contributed by atoms with Crippen molar-refractivity contribution in [3.8, 4) is 0 Å². The van der Waals surface area contributed by atoms with Crippen LogP contribution >= 0.6 is 0 Å². The smallest absolute Gasteiger partial charge is 0.0898 e. The van der Waals surface area contributed by atoms with E-state index >= 15 is 0 Å². The topological polar surface area (TPSA) is 41.5 Å². The summed E-state index contributed by atoms with van der Waals surface area (Å²) in [5.74, 6) is 0. The first-order valence-electron chi connectivity index (χ1n) is 10.4. The molecule has 3 rings (SSSR count). The van der Waals surface area contributed by atoms with Gasteiger partial charge >= 0.3 is 0 Å². The maximum atomic E-state index is 10.4. The molecular formula is C26H33NO2. The van der Waals surface area contributed by atoms with Gasteiger partial charge in [-0.25, -0.2) is 0 Å². The first-order valence-corrected chi connectivity index (χ1v) is 10.4. The molecule has 0 heterocycles. The van der Waals surface area contributed by atoms with Crippen molar-refractivity contribution in [2.24, 2.45) is 0 Å². The van der Waals surface area contributed by atoms with Gasteiger partial charge < -0.3 is 15.2 Å². The average Bonchev–Trinajstić information content (AvgIpc) is 2.70. The summed E-state index contributed by atoms with van der Waals surface area (Å²) < 4.78 is 5.87. The summed E-state index contributed by atoms with van der Waals surface area (Å²) in [5, 5.41) is 16.4. The number of rotatable bonds is 9. The molecule has 0 aromatic heterocycles. The van der Waals surface area contributed by atoms with E-state index in [9.17, 15) is 5.11 Å². The van der Waals surface area contributed by atoms with Crippen LogP contribution in [0.2, 0.25) is 0 Å². The van der Waals surface area contributed by atoms with Crippen LogP contribution in [-0.4, -0.2) is 29.9 Å². The molecule has 0 amide bonds. The number of nitrogens with one attached hydrogen (secondary N) is 1. The Morgan fingerprint density at radius 3 is 2.38 bits per heavy atom. The molecule has 154 valence electrons. The molecule has 3 nitrogen and oxygen atoms in total. The number of fused-ring (bicyclic) bond motifs is 1. The van der Waals surface area contributed by atoms with Crippen molar-refractivity contribution < 1.29 is 9.84 Å². The van der Waals surface area contributed by atoms with Gasteiger partial charge in [-0.15, -0.1) is 0 Å². The van der Waals surface area contributed by atoms with E-state index in [-0.39, 0.29) is 11.6 Å². The van der Waals surface area contributed by atoms with Crippen LogP contribution in [0.3, 0.4) is 0 Å². The second-order valence-electron chi connectivity index (χ2n) is 8.66. The highest BCUT2D eigenvalue weighted by atomic mass is 16.5. The predicted octanol–water partition coefficient (Wildman–Crippen LogP) is 5.20. The van der Waals surface area contributed by atoms with Crippen LogP contribution in [0.1, 0.15) is 43.6 Å². The van der Waals surface area contributed by atoms with Gasteiger partial charge in [-0.05, 0) is 56.0 Å². The number of aliphatic hydroxyl groups is 1. The van der Waals surface area contributed by atoms with E-state index in [4.69, 9.17) is 4.74 Å². The van der Waals surface area contributed by atoms with Crippen LogP contribution in [-0.2, 0) is 11.2 Å². The van der Waals surface area contributed by atoms with Crippen molar-refractivity contribution in [1.29, 1.82) is 0 Å². The van der Waals surface area contributed by atoms with E-state index in [0.29, 0.717) is 13.2 Å². The molecule has 0 bridgehead atoms. The van der Waals surface area contributed by atoms with E-state index < -0.39 is 6.10 Å². The van der Waals surface area contributed by atoms with E-state index in [1.165, 1.54) is 21.9 Å². The summed E-state index contributed by atoms with van der Waals surface area (Å²) in [6.07, 6.45) is 0.320. The normalized spacial score (nSPS) is 14.1. The Hall–Kier alpha value is -2.20. The van der Waals surface area contributed by atoms with Crippen LogP contribution in [0.4, 0.5) is 0 Å². The van der Waals surface area contributed by atoms with Crippen molar-refractivity contribution in [2.75, 3.05) is 13.2 Å². The van der Waals surface area contributed by atoms with Gasteiger partial charge in [0.05, 0.1) is 18.8 Å². The number of ether oxygens (including phenoxy) is 1. The fourth-order valence-corrected chi connectivity index (χ4v) is 3.56. The minimum absolute atomic E-state index is 0.0316. The minimum Gasteiger partial charge on any atom is -0.389 e. The first kappa shape index (κ1) is 21.5. The van der Waals surface area contributed by atoms with Gasteiger partial charge in [0.15, 0.2) is 0 Å². The van der Waals surface area contributed by atoms with Crippen molar-refractivity contribution >= 4 is 10.8 Å². The second kappa shape index (κ2) is 9.53. The van der Waals surface area contributed by atoms with Crippen molar-refractivity contribution in [3.05, 3.63) is 83.4 Å². The van der Waals surface area contributed by atoms with Gasteiger partial charge in [0, 0.05) is 12.1 Å². The molecular weight excluding hydrogens is 358 g/mol. The Bertz CT molecular complexity index is 917. The number of hydrogen-bond donors (Lipinski definition) is 2. The molecule has 1 unspecified atom stereocenters. The average molecular weight is 392 g/mol. The molecule has 0 saturated heterocycles. The zero-order chi connectivity index (χ0) is 20.9. The van der Waals surface area contributed by atoms with Crippen molar-refractivity contribution in [1.82, 2.24) is 5.32 Å². The third kappa shape index (κ3) is 6.40.